The van der Waals surface area contributed by atoms with Gasteiger partial charge in [-0.1, -0.05) is 30.3 Å². The van der Waals surface area contributed by atoms with Crippen LogP contribution in [0.25, 0.3) is 0 Å². The van der Waals surface area contributed by atoms with Gasteiger partial charge in [-0.3, -0.25) is 4.46 Å². The third-order valence-electron chi connectivity index (χ3n) is 1.15. The second-order valence-electron chi connectivity index (χ2n) is 2.20. The number of hydrogen-bond donors (Lipinski definition) is 2. The summed E-state index contributed by atoms with van der Waals surface area (Å²) >= 11 is 0. The van der Waals surface area contributed by atoms with Crippen LogP contribution in [0.15, 0.2) is 30.3 Å². The van der Waals surface area contributed by atoms with Gasteiger partial charge in [0.1, 0.15) is 10.5 Å². The highest BCUT2D eigenvalue weighted by Crippen LogP contribution is 1.79. The van der Waals surface area contributed by atoms with Gasteiger partial charge in [-0.05, 0) is 5.19 Å². The second-order valence-corrected chi connectivity index (χ2v) is 6.18. The van der Waals surface area contributed by atoms with E-state index in [1.165, 1.54) is 5.19 Å². The smallest absolute Gasteiger partial charge is 0.511 e. The molecule has 0 aliphatic heterocycles. The summed E-state index contributed by atoms with van der Waals surface area (Å²) in [6, 6.07) is 10.4. The van der Waals surface area contributed by atoms with Crippen LogP contribution in [0.2, 0.25) is 0 Å². The Morgan fingerprint density at radius 3 is 2.15 bits per heavy atom. The summed E-state index contributed by atoms with van der Waals surface area (Å²) in [5.74, 6) is 0. The Kier molecular flexibility index (Phi) is 7.39. The maximum absolute atomic E-state index is 8.74. The first kappa shape index (κ1) is 12.2. The SMILES string of the molecule is O=[Si](O)O.[SiH3]O[SiH2]c1ccccc1. The summed E-state index contributed by atoms with van der Waals surface area (Å²) < 4.78 is 13.9. The van der Waals surface area contributed by atoms with E-state index in [1.54, 1.807) is 0 Å². The van der Waals surface area contributed by atoms with Crippen LogP contribution in [-0.4, -0.2) is 39.0 Å². The van der Waals surface area contributed by atoms with E-state index in [0.717, 1.165) is 10.5 Å². The molecule has 0 saturated heterocycles. The first-order chi connectivity index (χ1) is 6.16. The molecule has 0 aromatic heterocycles. The predicted octanol–water partition coefficient (Wildman–Crippen LogP) is -2.92. The largest absolute Gasteiger partial charge is 0.761 e. The zero-order valence-electron chi connectivity index (χ0n) is 7.30. The average molecular weight is 232 g/mol. The number of benzene rings is 1. The van der Waals surface area contributed by atoms with Gasteiger partial charge in [0, 0.05) is 0 Å². The van der Waals surface area contributed by atoms with Crippen molar-refractivity contribution in [3.05, 3.63) is 30.3 Å². The maximum Gasteiger partial charge on any atom is 0.761 e. The molecular weight excluding hydrogens is 220 g/mol. The van der Waals surface area contributed by atoms with Crippen molar-refractivity contribution in [1.29, 1.82) is 0 Å². The molecule has 4 nitrogen and oxygen atoms in total. The molecule has 2 N–H and O–H groups in total. The minimum atomic E-state index is -3.13. The van der Waals surface area contributed by atoms with E-state index in [9.17, 15) is 0 Å². The van der Waals surface area contributed by atoms with Gasteiger partial charge in [-0.2, -0.15) is 0 Å². The van der Waals surface area contributed by atoms with Crippen LogP contribution in [0.4, 0.5) is 0 Å². The number of rotatable bonds is 2. The third kappa shape index (κ3) is 9.14. The fourth-order valence-electron chi connectivity index (χ4n) is 0.741. The van der Waals surface area contributed by atoms with Gasteiger partial charge in [0.2, 0.25) is 0 Å². The highest BCUT2D eigenvalue weighted by atomic mass is 28.3. The Bertz CT molecular complexity index is 237. The van der Waals surface area contributed by atoms with Crippen LogP contribution in [0, 0.1) is 0 Å². The molecule has 0 aliphatic carbocycles. The zero-order chi connectivity index (χ0) is 10.1. The van der Waals surface area contributed by atoms with Crippen molar-refractivity contribution in [2.45, 2.75) is 0 Å². The van der Waals surface area contributed by atoms with Crippen LogP contribution in [0.5, 0.6) is 0 Å². The lowest BCUT2D eigenvalue weighted by Crippen LogP contribution is -2.14. The van der Waals surface area contributed by atoms with Crippen molar-refractivity contribution < 1.29 is 18.2 Å². The Morgan fingerprint density at radius 1 is 1.31 bits per heavy atom. The summed E-state index contributed by atoms with van der Waals surface area (Å²) in [5, 5.41) is 1.40. The molecule has 0 saturated carbocycles. The molecule has 0 bridgehead atoms. The molecule has 1 rings (SSSR count). The molecule has 0 aliphatic rings. The average Bonchev–Trinajstić information content (AvgIpc) is 2.06. The van der Waals surface area contributed by atoms with Crippen molar-refractivity contribution in [1.82, 2.24) is 0 Å². The maximum atomic E-state index is 8.74. The van der Waals surface area contributed by atoms with Gasteiger partial charge < -0.3 is 13.7 Å². The van der Waals surface area contributed by atoms with Gasteiger partial charge in [-0.25, -0.2) is 0 Å². The monoisotopic (exact) mass is 232 g/mol. The molecule has 0 radical (unpaired) electrons. The van der Waals surface area contributed by atoms with Gasteiger partial charge in [-0.15, -0.1) is 0 Å². The summed E-state index contributed by atoms with van der Waals surface area (Å²) in [5.41, 5.74) is 0. The molecule has 1 aromatic carbocycles. The Labute approximate surface area is 83.6 Å². The molecule has 1 aromatic rings. The Balaban J connectivity index is 0.000000310. The Hall–Kier alpha value is -0.769. The molecule has 0 fully saturated rings. The molecule has 72 valence electrons. The molecule has 0 heterocycles. The zero-order valence-corrected chi connectivity index (χ0v) is 11.7. The highest BCUT2D eigenvalue weighted by molar-refractivity contribution is 6.50. The fraction of sp³-hybridized carbons (Fsp3) is 0. The van der Waals surface area contributed by atoms with Crippen molar-refractivity contribution in [2.24, 2.45) is 0 Å². The van der Waals surface area contributed by atoms with Crippen molar-refractivity contribution >= 4 is 34.6 Å². The van der Waals surface area contributed by atoms with Crippen LogP contribution >= 0.6 is 0 Å². The molecule has 0 unspecified atom stereocenters. The van der Waals surface area contributed by atoms with Crippen LogP contribution in [-0.2, 0) is 8.58 Å². The second kappa shape index (κ2) is 7.86. The molecule has 0 amide bonds. The van der Waals surface area contributed by atoms with E-state index in [4.69, 9.17) is 18.2 Å². The van der Waals surface area contributed by atoms with E-state index in [-0.39, 0.29) is 9.76 Å². The minimum absolute atomic E-state index is 0.339. The molecule has 0 spiro atoms. The van der Waals surface area contributed by atoms with E-state index >= 15 is 0 Å². The third-order valence-corrected chi connectivity index (χ3v) is 3.11. The lowest BCUT2D eigenvalue weighted by molar-refractivity contribution is 0.330. The highest BCUT2D eigenvalue weighted by Gasteiger charge is 1.86. The van der Waals surface area contributed by atoms with Gasteiger partial charge in [0.15, 0.2) is 9.76 Å². The molecule has 7 heteroatoms. The van der Waals surface area contributed by atoms with Gasteiger partial charge in [0.25, 0.3) is 0 Å². The minimum Gasteiger partial charge on any atom is -0.511 e. The van der Waals surface area contributed by atoms with E-state index < -0.39 is 9.17 Å². The lowest BCUT2D eigenvalue weighted by Gasteiger charge is -1.94. The van der Waals surface area contributed by atoms with Crippen molar-refractivity contribution in [3.63, 3.8) is 0 Å². The normalized spacial score (nSPS) is 9.54. The van der Waals surface area contributed by atoms with E-state index in [2.05, 4.69) is 24.3 Å². The van der Waals surface area contributed by atoms with Gasteiger partial charge >= 0.3 is 9.17 Å². The van der Waals surface area contributed by atoms with Crippen LogP contribution < -0.4 is 5.19 Å². The molecule has 0 atom stereocenters. The van der Waals surface area contributed by atoms with E-state index in [1.807, 2.05) is 6.07 Å². The molecular formula is C6H12O4Si3. The standard InChI is InChI=1S/C6H10OSi2.H2O3Si/c8-7-9-6-4-2-1-3-5-6;1-4(2)3/h1-5H,9H2,8H3;1-2H. The first-order valence-electron chi connectivity index (χ1n) is 3.61. The van der Waals surface area contributed by atoms with Crippen LogP contribution in [0.3, 0.4) is 0 Å². The fourth-order valence-corrected chi connectivity index (χ4v) is 2.54. The van der Waals surface area contributed by atoms with E-state index in [0.29, 0.717) is 0 Å². The lowest BCUT2D eigenvalue weighted by atomic mass is 10.4. The number of hydrogen-bond acceptors (Lipinski definition) is 2. The first-order valence-corrected chi connectivity index (χ1v) is 7.02. The van der Waals surface area contributed by atoms with Gasteiger partial charge in [0.05, 0.1) is 0 Å². The quantitative estimate of drug-likeness (QED) is 0.536. The Morgan fingerprint density at radius 2 is 1.77 bits per heavy atom. The van der Waals surface area contributed by atoms with Crippen LogP contribution in [0.1, 0.15) is 0 Å². The molecule has 13 heavy (non-hydrogen) atoms. The van der Waals surface area contributed by atoms with Crippen molar-refractivity contribution in [3.8, 4) is 0 Å². The summed E-state index contributed by atoms with van der Waals surface area (Å²) in [6.07, 6.45) is 0. The summed E-state index contributed by atoms with van der Waals surface area (Å²) in [4.78, 5) is 14.3. The predicted molar refractivity (Wildman–Crippen MR) is 56.5 cm³/mol. The van der Waals surface area contributed by atoms with Crippen molar-refractivity contribution in [2.75, 3.05) is 0 Å². The topological polar surface area (TPSA) is 66.8 Å². The summed E-state index contributed by atoms with van der Waals surface area (Å²) in [6.45, 7) is 0. The summed E-state index contributed by atoms with van der Waals surface area (Å²) in [7, 11) is -2.58.